The molecule has 0 fully saturated rings. The molecule has 0 bridgehead atoms. The predicted molar refractivity (Wildman–Crippen MR) is 90.2 cm³/mol. The Labute approximate surface area is 130 Å². The van der Waals surface area contributed by atoms with Gasteiger partial charge in [-0.25, -0.2) is 0 Å². The van der Waals surface area contributed by atoms with Crippen LogP contribution in [0.1, 0.15) is 63.4 Å². The van der Waals surface area contributed by atoms with Gasteiger partial charge in [0, 0.05) is 18.7 Å². The standard InChI is InChI=1S/C16H25NO2.C2H6/c1-5-8-17(9-6-2)16(18)14-10-13(7-3)11-15(12-14)19-4;1-2/h10-12H,5-9H2,1-4H3;1-2H3. The van der Waals surface area contributed by atoms with Crippen molar-refractivity contribution >= 4 is 5.91 Å². The van der Waals surface area contributed by atoms with E-state index in [-0.39, 0.29) is 5.91 Å². The molecule has 21 heavy (non-hydrogen) atoms. The predicted octanol–water partition coefficient (Wildman–Crippen LogP) is 4.55. The molecule has 3 nitrogen and oxygen atoms in total. The maximum absolute atomic E-state index is 12.5. The van der Waals surface area contributed by atoms with Gasteiger partial charge >= 0.3 is 0 Å². The summed E-state index contributed by atoms with van der Waals surface area (Å²) < 4.78 is 5.28. The molecule has 0 radical (unpaired) electrons. The van der Waals surface area contributed by atoms with Gasteiger partial charge in [0.05, 0.1) is 7.11 Å². The zero-order valence-electron chi connectivity index (χ0n) is 14.5. The third-order valence-electron chi connectivity index (χ3n) is 3.13. The number of methoxy groups -OCH3 is 1. The zero-order chi connectivity index (χ0) is 16.3. The Morgan fingerprint density at radius 3 is 2.05 bits per heavy atom. The van der Waals surface area contributed by atoms with Crippen molar-refractivity contribution in [3.8, 4) is 5.75 Å². The third-order valence-corrected chi connectivity index (χ3v) is 3.13. The van der Waals surface area contributed by atoms with Crippen LogP contribution in [0.2, 0.25) is 0 Å². The maximum Gasteiger partial charge on any atom is 0.253 e. The second kappa shape index (κ2) is 11.2. The summed E-state index contributed by atoms with van der Waals surface area (Å²) in [4.78, 5) is 14.5. The Kier molecular flexibility index (Phi) is 10.4. The number of carbonyl (C=O) groups excluding carboxylic acids is 1. The number of ether oxygens (including phenoxy) is 1. The molecule has 1 amide bonds. The molecule has 0 saturated carbocycles. The fraction of sp³-hybridized carbons (Fsp3) is 0.611. The summed E-state index contributed by atoms with van der Waals surface area (Å²) in [7, 11) is 1.64. The highest BCUT2D eigenvalue weighted by atomic mass is 16.5. The fourth-order valence-corrected chi connectivity index (χ4v) is 2.14. The Bertz CT molecular complexity index is 387. The SMILES string of the molecule is CC.CCCN(CCC)C(=O)c1cc(CC)cc(OC)c1. The molecule has 1 aromatic carbocycles. The highest BCUT2D eigenvalue weighted by Gasteiger charge is 2.15. The number of hydrogen-bond donors (Lipinski definition) is 0. The van der Waals surface area contributed by atoms with E-state index in [4.69, 9.17) is 4.74 Å². The first-order valence-electron chi connectivity index (χ1n) is 8.13. The van der Waals surface area contributed by atoms with Crippen LogP contribution in [-0.4, -0.2) is 31.0 Å². The van der Waals surface area contributed by atoms with E-state index in [0.717, 1.165) is 49.2 Å². The van der Waals surface area contributed by atoms with E-state index in [2.05, 4.69) is 20.8 Å². The summed E-state index contributed by atoms with van der Waals surface area (Å²) in [6.07, 6.45) is 2.87. The minimum atomic E-state index is 0.109. The van der Waals surface area contributed by atoms with Crippen molar-refractivity contribution in [3.63, 3.8) is 0 Å². The van der Waals surface area contributed by atoms with E-state index in [9.17, 15) is 4.79 Å². The molecule has 0 heterocycles. The summed E-state index contributed by atoms with van der Waals surface area (Å²) in [5, 5.41) is 0. The van der Waals surface area contributed by atoms with Gasteiger partial charge in [-0.15, -0.1) is 0 Å². The van der Waals surface area contributed by atoms with Crippen LogP contribution in [0, 0.1) is 0 Å². The molecule has 0 aliphatic rings. The number of carbonyl (C=O) groups is 1. The van der Waals surface area contributed by atoms with E-state index in [1.807, 2.05) is 36.9 Å². The fourth-order valence-electron chi connectivity index (χ4n) is 2.14. The molecule has 0 N–H and O–H groups in total. The van der Waals surface area contributed by atoms with Gasteiger partial charge in [0.2, 0.25) is 0 Å². The molecule has 0 saturated heterocycles. The average Bonchev–Trinajstić information content (AvgIpc) is 2.55. The third kappa shape index (κ3) is 6.19. The van der Waals surface area contributed by atoms with Crippen molar-refractivity contribution < 1.29 is 9.53 Å². The minimum absolute atomic E-state index is 0.109. The van der Waals surface area contributed by atoms with Crippen LogP contribution in [0.4, 0.5) is 0 Å². The average molecular weight is 293 g/mol. The molecule has 0 spiro atoms. The second-order valence-corrected chi connectivity index (χ2v) is 4.72. The summed E-state index contributed by atoms with van der Waals surface area (Å²) in [6, 6.07) is 5.80. The van der Waals surface area contributed by atoms with Crippen molar-refractivity contribution in [1.29, 1.82) is 0 Å². The number of amides is 1. The normalized spacial score (nSPS) is 9.62. The summed E-state index contributed by atoms with van der Waals surface area (Å²) in [6.45, 7) is 11.9. The molecule has 0 atom stereocenters. The van der Waals surface area contributed by atoms with Gasteiger partial charge in [0.1, 0.15) is 5.75 Å². The van der Waals surface area contributed by atoms with Crippen LogP contribution < -0.4 is 4.74 Å². The smallest absolute Gasteiger partial charge is 0.253 e. The van der Waals surface area contributed by atoms with Crippen LogP contribution in [-0.2, 0) is 6.42 Å². The number of hydrogen-bond acceptors (Lipinski definition) is 2. The van der Waals surface area contributed by atoms with Gasteiger partial charge in [-0.05, 0) is 43.0 Å². The van der Waals surface area contributed by atoms with Crippen LogP contribution >= 0.6 is 0 Å². The summed E-state index contributed by atoms with van der Waals surface area (Å²) in [5.74, 6) is 0.868. The van der Waals surface area contributed by atoms with E-state index in [1.54, 1.807) is 7.11 Å². The van der Waals surface area contributed by atoms with E-state index < -0.39 is 0 Å². The number of nitrogens with zero attached hydrogens (tertiary/aromatic N) is 1. The van der Waals surface area contributed by atoms with Crippen molar-refractivity contribution in [2.75, 3.05) is 20.2 Å². The molecule has 0 aliphatic heterocycles. The van der Waals surface area contributed by atoms with Crippen LogP contribution in [0.3, 0.4) is 0 Å². The lowest BCUT2D eigenvalue weighted by molar-refractivity contribution is 0.0755. The lowest BCUT2D eigenvalue weighted by Gasteiger charge is -2.22. The highest BCUT2D eigenvalue weighted by molar-refractivity contribution is 5.94. The van der Waals surface area contributed by atoms with Gasteiger partial charge in [-0.2, -0.15) is 0 Å². The number of benzene rings is 1. The van der Waals surface area contributed by atoms with Gasteiger partial charge in [0.15, 0.2) is 0 Å². The van der Waals surface area contributed by atoms with Crippen LogP contribution in [0.5, 0.6) is 5.75 Å². The molecule has 0 aromatic heterocycles. The lowest BCUT2D eigenvalue weighted by Crippen LogP contribution is -2.32. The number of rotatable bonds is 7. The molecular weight excluding hydrogens is 262 g/mol. The summed E-state index contributed by atoms with van der Waals surface area (Å²) >= 11 is 0. The molecule has 0 aliphatic carbocycles. The Morgan fingerprint density at radius 2 is 1.62 bits per heavy atom. The molecule has 120 valence electrons. The largest absolute Gasteiger partial charge is 0.497 e. The first kappa shape index (κ1) is 19.5. The van der Waals surface area contributed by atoms with Crippen molar-refractivity contribution in [2.24, 2.45) is 0 Å². The van der Waals surface area contributed by atoms with Gasteiger partial charge in [-0.1, -0.05) is 34.6 Å². The van der Waals surface area contributed by atoms with E-state index >= 15 is 0 Å². The Hall–Kier alpha value is -1.51. The monoisotopic (exact) mass is 293 g/mol. The van der Waals surface area contributed by atoms with Crippen LogP contribution in [0.15, 0.2) is 18.2 Å². The first-order chi connectivity index (χ1) is 10.2. The Morgan fingerprint density at radius 1 is 1.05 bits per heavy atom. The lowest BCUT2D eigenvalue weighted by atomic mass is 10.1. The quantitative estimate of drug-likeness (QED) is 0.738. The summed E-state index contributed by atoms with van der Waals surface area (Å²) in [5.41, 5.74) is 1.87. The van der Waals surface area contributed by atoms with Crippen LogP contribution in [0.25, 0.3) is 0 Å². The zero-order valence-corrected chi connectivity index (χ0v) is 14.5. The molecule has 1 aromatic rings. The van der Waals surface area contributed by atoms with Gasteiger partial charge in [0.25, 0.3) is 5.91 Å². The topological polar surface area (TPSA) is 29.5 Å². The molecular formula is C18H31NO2. The van der Waals surface area contributed by atoms with E-state index in [0.29, 0.717) is 0 Å². The molecule has 3 heteroatoms. The number of aryl methyl sites for hydroxylation is 1. The van der Waals surface area contributed by atoms with Crippen molar-refractivity contribution in [3.05, 3.63) is 29.3 Å². The van der Waals surface area contributed by atoms with Crippen molar-refractivity contribution in [1.82, 2.24) is 4.90 Å². The molecule has 0 unspecified atom stereocenters. The maximum atomic E-state index is 12.5. The van der Waals surface area contributed by atoms with Gasteiger partial charge < -0.3 is 9.64 Å². The Balaban J connectivity index is 0.00000191. The van der Waals surface area contributed by atoms with E-state index in [1.165, 1.54) is 0 Å². The van der Waals surface area contributed by atoms with Crippen molar-refractivity contribution in [2.45, 2.75) is 53.9 Å². The highest BCUT2D eigenvalue weighted by Crippen LogP contribution is 2.19. The minimum Gasteiger partial charge on any atom is -0.497 e. The first-order valence-corrected chi connectivity index (χ1v) is 8.13. The second-order valence-electron chi connectivity index (χ2n) is 4.72. The molecule has 1 rings (SSSR count). The van der Waals surface area contributed by atoms with Gasteiger partial charge in [-0.3, -0.25) is 4.79 Å².